The fraction of sp³-hybridized carbons (Fsp3) is 0.280. The Bertz CT molecular complexity index is 1030. The van der Waals surface area contributed by atoms with E-state index in [4.69, 9.17) is 0 Å². The van der Waals surface area contributed by atoms with Crippen molar-refractivity contribution in [1.82, 2.24) is 10.2 Å². The molecule has 4 rings (SSSR count). The molecule has 0 saturated heterocycles. The van der Waals surface area contributed by atoms with Crippen LogP contribution in [0.5, 0.6) is 0 Å². The maximum Gasteiger partial charge on any atom is 0.313 e. The van der Waals surface area contributed by atoms with Crippen LogP contribution >= 0.6 is 11.3 Å². The van der Waals surface area contributed by atoms with Gasteiger partial charge in [0.1, 0.15) is 0 Å². The van der Waals surface area contributed by atoms with E-state index < -0.39 is 11.8 Å². The van der Waals surface area contributed by atoms with Gasteiger partial charge in [-0.25, -0.2) is 0 Å². The van der Waals surface area contributed by atoms with Crippen LogP contribution in [0.25, 0.3) is 0 Å². The quantitative estimate of drug-likeness (QED) is 0.574. The molecule has 31 heavy (non-hydrogen) atoms. The molecule has 6 heteroatoms. The van der Waals surface area contributed by atoms with Gasteiger partial charge in [0.25, 0.3) is 0 Å². The zero-order valence-corrected chi connectivity index (χ0v) is 18.5. The van der Waals surface area contributed by atoms with Crippen LogP contribution in [0.15, 0.2) is 66.0 Å². The van der Waals surface area contributed by atoms with Gasteiger partial charge in [-0.2, -0.15) is 0 Å². The zero-order chi connectivity index (χ0) is 21.6. The Hall–Kier alpha value is -2.96. The SMILES string of the molecule is CCc1ccc(NC(=O)C(=O)NC[C@@H](c2cccs2)N2CCc3ccccc3C2)cc1. The van der Waals surface area contributed by atoms with Crippen LogP contribution in [0.1, 0.15) is 34.5 Å². The highest BCUT2D eigenvalue weighted by molar-refractivity contribution is 7.10. The molecule has 0 radical (unpaired) electrons. The van der Waals surface area contributed by atoms with Gasteiger partial charge in [-0.05, 0) is 53.1 Å². The lowest BCUT2D eigenvalue weighted by molar-refractivity contribution is -0.136. The number of carbonyl (C=O) groups excluding carboxylic acids is 2. The maximum atomic E-state index is 12.5. The number of rotatable bonds is 6. The van der Waals surface area contributed by atoms with Crippen LogP contribution in [-0.2, 0) is 29.0 Å². The van der Waals surface area contributed by atoms with Gasteiger partial charge in [-0.3, -0.25) is 14.5 Å². The molecular formula is C25H27N3O2S. The van der Waals surface area contributed by atoms with Gasteiger partial charge in [0.05, 0.1) is 6.04 Å². The second kappa shape index (κ2) is 9.90. The highest BCUT2D eigenvalue weighted by atomic mass is 32.1. The second-order valence-electron chi connectivity index (χ2n) is 7.74. The topological polar surface area (TPSA) is 61.4 Å². The molecule has 2 N–H and O–H groups in total. The van der Waals surface area contributed by atoms with Gasteiger partial charge < -0.3 is 10.6 Å². The van der Waals surface area contributed by atoms with Crippen molar-refractivity contribution in [2.45, 2.75) is 32.4 Å². The number of benzene rings is 2. The fourth-order valence-corrected chi connectivity index (χ4v) is 4.82. The Morgan fingerprint density at radius 3 is 2.48 bits per heavy atom. The minimum absolute atomic E-state index is 0.0361. The molecule has 5 nitrogen and oxygen atoms in total. The van der Waals surface area contributed by atoms with E-state index in [1.54, 1.807) is 11.3 Å². The molecule has 0 spiro atoms. The molecule has 0 aliphatic carbocycles. The summed E-state index contributed by atoms with van der Waals surface area (Å²) in [6.07, 6.45) is 1.92. The summed E-state index contributed by atoms with van der Waals surface area (Å²) in [4.78, 5) is 28.4. The van der Waals surface area contributed by atoms with Crippen molar-refractivity contribution in [3.63, 3.8) is 0 Å². The van der Waals surface area contributed by atoms with E-state index in [0.717, 1.165) is 25.9 Å². The van der Waals surface area contributed by atoms with E-state index in [-0.39, 0.29) is 6.04 Å². The fourth-order valence-electron chi connectivity index (χ4n) is 3.96. The van der Waals surface area contributed by atoms with Crippen molar-refractivity contribution in [3.8, 4) is 0 Å². The molecule has 160 valence electrons. The summed E-state index contributed by atoms with van der Waals surface area (Å²) in [6, 6.07) is 20.2. The number of nitrogens with zero attached hydrogens (tertiary/aromatic N) is 1. The maximum absolute atomic E-state index is 12.5. The summed E-state index contributed by atoms with van der Waals surface area (Å²) >= 11 is 1.68. The van der Waals surface area contributed by atoms with Crippen molar-refractivity contribution in [2.24, 2.45) is 0 Å². The summed E-state index contributed by atoms with van der Waals surface area (Å²) < 4.78 is 0. The van der Waals surface area contributed by atoms with Gasteiger partial charge >= 0.3 is 11.8 Å². The third-order valence-electron chi connectivity index (χ3n) is 5.75. The number of aryl methyl sites for hydroxylation is 1. The van der Waals surface area contributed by atoms with Crippen molar-refractivity contribution >= 4 is 28.8 Å². The van der Waals surface area contributed by atoms with Crippen LogP contribution in [-0.4, -0.2) is 29.8 Å². The predicted octanol–water partition coefficient (Wildman–Crippen LogP) is 4.16. The van der Waals surface area contributed by atoms with Gasteiger partial charge in [-0.15, -0.1) is 11.3 Å². The van der Waals surface area contributed by atoms with Crippen LogP contribution < -0.4 is 10.6 Å². The summed E-state index contributed by atoms with van der Waals surface area (Å²) in [7, 11) is 0. The van der Waals surface area contributed by atoms with E-state index in [0.29, 0.717) is 12.2 Å². The molecule has 1 aromatic heterocycles. The van der Waals surface area contributed by atoms with Crippen molar-refractivity contribution in [2.75, 3.05) is 18.4 Å². The van der Waals surface area contributed by atoms with Crippen LogP contribution in [0, 0.1) is 0 Å². The number of anilines is 1. The summed E-state index contributed by atoms with van der Waals surface area (Å²) in [5, 5.41) is 7.58. The number of hydrogen-bond donors (Lipinski definition) is 2. The van der Waals surface area contributed by atoms with E-state index in [1.165, 1.54) is 21.6 Å². The van der Waals surface area contributed by atoms with Gasteiger partial charge in [-0.1, -0.05) is 49.4 Å². The molecular weight excluding hydrogens is 406 g/mol. The summed E-state index contributed by atoms with van der Waals surface area (Å²) in [5.41, 5.74) is 4.53. The normalized spacial score (nSPS) is 14.5. The number of fused-ring (bicyclic) bond motifs is 1. The smallest absolute Gasteiger partial charge is 0.313 e. The Kier molecular flexibility index (Phi) is 6.79. The first kappa shape index (κ1) is 21.3. The third kappa shape index (κ3) is 5.21. The minimum atomic E-state index is -0.641. The Morgan fingerprint density at radius 2 is 1.77 bits per heavy atom. The van der Waals surface area contributed by atoms with E-state index in [9.17, 15) is 9.59 Å². The van der Waals surface area contributed by atoms with Crippen LogP contribution in [0.2, 0.25) is 0 Å². The molecule has 0 unspecified atom stereocenters. The standard InChI is InChI=1S/C25H27N3O2S/c1-2-18-9-11-21(12-10-18)27-25(30)24(29)26-16-22(23-8-5-15-31-23)28-14-13-19-6-3-4-7-20(19)17-28/h3-12,15,22H,2,13-14,16-17H2,1H3,(H,26,29)(H,27,30)/t22-/m0/s1. The number of carbonyl (C=O) groups is 2. The monoisotopic (exact) mass is 433 g/mol. The predicted molar refractivity (Wildman–Crippen MR) is 125 cm³/mol. The molecule has 1 aliphatic rings. The number of thiophene rings is 1. The lowest BCUT2D eigenvalue weighted by Gasteiger charge is -2.35. The Labute approximate surface area is 187 Å². The molecule has 2 heterocycles. The average molecular weight is 434 g/mol. The molecule has 1 aliphatic heterocycles. The van der Waals surface area contributed by atoms with E-state index >= 15 is 0 Å². The average Bonchev–Trinajstić information content (AvgIpc) is 3.34. The van der Waals surface area contributed by atoms with Gasteiger partial charge in [0.2, 0.25) is 0 Å². The number of hydrogen-bond acceptors (Lipinski definition) is 4. The third-order valence-corrected chi connectivity index (χ3v) is 6.73. The first-order chi connectivity index (χ1) is 15.1. The highest BCUT2D eigenvalue weighted by Gasteiger charge is 2.26. The zero-order valence-electron chi connectivity index (χ0n) is 17.6. The molecule has 2 aromatic carbocycles. The Morgan fingerprint density at radius 1 is 1.00 bits per heavy atom. The molecule has 2 amide bonds. The summed E-state index contributed by atoms with van der Waals surface area (Å²) in [6.45, 7) is 4.23. The Balaban J connectivity index is 1.39. The van der Waals surface area contributed by atoms with Crippen molar-refractivity contribution < 1.29 is 9.59 Å². The summed E-state index contributed by atoms with van der Waals surface area (Å²) in [5.74, 6) is -1.25. The number of amides is 2. The first-order valence-corrected chi connectivity index (χ1v) is 11.5. The first-order valence-electron chi connectivity index (χ1n) is 10.7. The second-order valence-corrected chi connectivity index (χ2v) is 8.71. The molecule has 3 aromatic rings. The highest BCUT2D eigenvalue weighted by Crippen LogP contribution is 2.30. The lowest BCUT2D eigenvalue weighted by atomic mass is 9.98. The van der Waals surface area contributed by atoms with Gasteiger partial charge in [0, 0.05) is 30.2 Å². The van der Waals surface area contributed by atoms with Crippen molar-refractivity contribution in [3.05, 3.63) is 87.6 Å². The van der Waals surface area contributed by atoms with Crippen molar-refractivity contribution in [1.29, 1.82) is 0 Å². The molecule has 1 atom stereocenters. The van der Waals surface area contributed by atoms with Gasteiger partial charge in [0.15, 0.2) is 0 Å². The molecule has 0 bridgehead atoms. The van der Waals surface area contributed by atoms with Crippen LogP contribution in [0.3, 0.4) is 0 Å². The van der Waals surface area contributed by atoms with E-state index in [2.05, 4.69) is 58.2 Å². The number of nitrogens with one attached hydrogen (secondary N) is 2. The van der Waals surface area contributed by atoms with Crippen LogP contribution in [0.4, 0.5) is 5.69 Å². The molecule has 0 fully saturated rings. The lowest BCUT2D eigenvalue weighted by Crippen LogP contribution is -2.43. The largest absolute Gasteiger partial charge is 0.346 e. The minimum Gasteiger partial charge on any atom is -0.346 e. The molecule has 0 saturated carbocycles. The van der Waals surface area contributed by atoms with E-state index in [1.807, 2.05) is 30.3 Å².